The van der Waals surface area contributed by atoms with Crippen LogP contribution in [0, 0.1) is 6.92 Å². The van der Waals surface area contributed by atoms with Gasteiger partial charge in [-0.05, 0) is 0 Å². The van der Waals surface area contributed by atoms with E-state index < -0.39 is 24.5 Å². The molecule has 0 bridgehead atoms. The number of aromatic nitrogens is 1. The molecule has 0 unspecified atom stereocenters. The van der Waals surface area contributed by atoms with Crippen LogP contribution in [0.4, 0.5) is 10.6 Å². The first-order chi connectivity index (χ1) is 6.80. The molecule has 0 aliphatic heterocycles. The van der Waals surface area contributed by atoms with Crippen LogP contribution >= 0.6 is 0 Å². The van der Waals surface area contributed by atoms with Crippen molar-refractivity contribution < 1.29 is 9.90 Å². The van der Waals surface area contributed by atoms with Crippen molar-refractivity contribution in [3.63, 3.8) is 0 Å². The second-order valence-electron chi connectivity index (χ2n) is 4.56. The standard InChI is InChI=1S/C7H7N2O2.3CH3.Sn/c1-5-2-3-6(8-4-5)9-7(10)11;;;;/h3-4H,1H3,(H,8,9)(H,10,11);3*1H3;. The Morgan fingerprint density at radius 3 is 2.53 bits per heavy atom. The van der Waals surface area contributed by atoms with E-state index in [0.29, 0.717) is 5.82 Å². The van der Waals surface area contributed by atoms with Crippen molar-refractivity contribution in [2.45, 2.75) is 21.7 Å². The summed E-state index contributed by atoms with van der Waals surface area (Å²) in [4.78, 5) is 21.4. The molecule has 5 heteroatoms. The predicted molar refractivity (Wildman–Crippen MR) is 63.6 cm³/mol. The number of pyridine rings is 1. The number of aryl methyl sites for hydroxylation is 1. The first-order valence-corrected chi connectivity index (χ1v) is 14.8. The molecule has 0 aliphatic carbocycles. The molecule has 0 spiro atoms. The van der Waals surface area contributed by atoms with Crippen molar-refractivity contribution in [3.8, 4) is 0 Å². The van der Waals surface area contributed by atoms with Crippen LogP contribution in [-0.2, 0) is 0 Å². The van der Waals surface area contributed by atoms with E-state index in [1.807, 2.05) is 13.0 Å². The summed E-state index contributed by atoms with van der Waals surface area (Å²) in [6.07, 6.45) is 0.671. The predicted octanol–water partition coefficient (Wildman–Crippen LogP) is 2.03. The monoisotopic (exact) mass is 316 g/mol. The fourth-order valence-electron chi connectivity index (χ4n) is 1.51. The van der Waals surface area contributed by atoms with Crippen LogP contribution in [0.5, 0.6) is 0 Å². The Labute approximate surface area is 93.6 Å². The van der Waals surface area contributed by atoms with E-state index in [1.165, 1.54) is 3.58 Å². The van der Waals surface area contributed by atoms with Crippen LogP contribution in [0.15, 0.2) is 12.3 Å². The number of anilines is 1. The van der Waals surface area contributed by atoms with Crippen LogP contribution < -0.4 is 8.90 Å². The van der Waals surface area contributed by atoms with Gasteiger partial charge in [-0.1, -0.05) is 0 Å². The molecule has 0 radical (unpaired) electrons. The van der Waals surface area contributed by atoms with Gasteiger partial charge in [-0.15, -0.1) is 0 Å². The zero-order valence-electron chi connectivity index (χ0n) is 9.46. The molecule has 1 aromatic heterocycles. The van der Waals surface area contributed by atoms with Gasteiger partial charge in [-0.3, -0.25) is 0 Å². The van der Waals surface area contributed by atoms with E-state index in [4.69, 9.17) is 5.11 Å². The Morgan fingerprint density at radius 1 is 1.47 bits per heavy atom. The zero-order valence-corrected chi connectivity index (χ0v) is 12.3. The molecule has 0 atom stereocenters. The Kier molecular flexibility index (Phi) is 3.59. The number of hydrogen-bond acceptors (Lipinski definition) is 2. The zero-order chi connectivity index (χ0) is 11.6. The van der Waals surface area contributed by atoms with Crippen molar-refractivity contribution in [1.82, 2.24) is 4.98 Å². The van der Waals surface area contributed by atoms with E-state index in [0.717, 1.165) is 5.56 Å². The van der Waals surface area contributed by atoms with Crippen LogP contribution in [0.3, 0.4) is 0 Å². The van der Waals surface area contributed by atoms with Gasteiger partial charge in [-0.25, -0.2) is 0 Å². The molecule has 82 valence electrons. The number of carboxylic acid groups (broad SMARTS) is 1. The molecule has 0 aromatic carbocycles. The normalized spacial score (nSPS) is 11.2. The second-order valence-corrected chi connectivity index (χ2v) is 18.9. The van der Waals surface area contributed by atoms with Crippen LogP contribution in [0.25, 0.3) is 0 Å². The molecule has 1 amide bonds. The molecule has 2 N–H and O–H groups in total. The van der Waals surface area contributed by atoms with Gasteiger partial charge in [0.1, 0.15) is 0 Å². The summed E-state index contributed by atoms with van der Waals surface area (Å²) >= 11 is -2.16. The summed E-state index contributed by atoms with van der Waals surface area (Å²) in [7, 11) is 0. The fraction of sp³-hybridized carbons (Fsp3) is 0.400. The molecule has 1 heterocycles. The maximum absolute atomic E-state index is 10.5. The van der Waals surface area contributed by atoms with Crippen LogP contribution in [0.1, 0.15) is 5.56 Å². The first-order valence-electron chi connectivity index (χ1n) is 4.78. The van der Waals surface area contributed by atoms with Gasteiger partial charge in [-0.2, -0.15) is 0 Å². The van der Waals surface area contributed by atoms with Crippen molar-refractivity contribution in [2.24, 2.45) is 0 Å². The first kappa shape index (κ1) is 12.3. The van der Waals surface area contributed by atoms with E-state index in [9.17, 15) is 4.79 Å². The summed E-state index contributed by atoms with van der Waals surface area (Å²) < 4.78 is 1.31. The van der Waals surface area contributed by atoms with E-state index >= 15 is 0 Å². The molecular weight excluding hydrogens is 299 g/mol. The SMILES string of the molecule is Cc1cnc(NC(=O)O)c[c]1[Sn]([CH3])([CH3])[CH3]. The Hall–Kier alpha value is -0.781. The van der Waals surface area contributed by atoms with Crippen molar-refractivity contribution in [1.29, 1.82) is 0 Å². The summed E-state index contributed by atoms with van der Waals surface area (Å²) in [6.45, 7) is 2.02. The molecule has 0 saturated carbocycles. The molecule has 1 rings (SSSR count). The molecule has 15 heavy (non-hydrogen) atoms. The number of nitrogens with zero attached hydrogens (tertiary/aromatic N) is 1. The minimum atomic E-state index is -2.16. The van der Waals surface area contributed by atoms with Gasteiger partial charge in [0.15, 0.2) is 0 Å². The average molecular weight is 315 g/mol. The Balaban J connectivity index is 3.11. The Bertz CT molecular complexity index is 385. The molecule has 0 saturated heterocycles. The number of rotatable bonds is 2. The van der Waals surface area contributed by atoms with Crippen molar-refractivity contribution in [3.05, 3.63) is 17.8 Å². The van der Waals surface area contributed by atoms with Gasteiger partial charge >= 0.3 is 93.6 Å². The van der Waals surface area contributed by atoms with Gasteiger partial charge in [0.05, 0.1) is 0 Å². The third-order valence-corrected chi connectivity index (χ3v) is 8.30. The summed E-state index contributed by atoms with van der Waals surface area (Å²) in [5.41, 5.74) is 1.16. The number of carbonyl (C=O) groups is 1. The average Bonchev–Trinajstić information content (AvgIpc) is 2.05. The van der Waals surface area contributed by atoms with Crippen molar-refractivity contribution >= 4 is 33.9 Å². The summed E-state index contributed by atoms with van der Waals surface area (Å²) in [6, 6.07) is 1.87. The molecular formula is C10H16N2O2Sn. The maximum atomic E-state index is 10.5. The number of hydrogen-bond donors (Lipinski definition) is 2. The van der Waals surface area contributed by atoms with E-state index in [-0.39, 0.29) is 0 Å². The van der Waals surface area contributed by atoms with Crippen molar-refractivity contribution in [2.75, 3.05) is 5.32 Å². The molecule has 4 nitrogen and oxygen atoms in total. The number of nitrogens with one attached hydrogen (secondary N) is 1. The third kappa shape index (κ3) is 3.37. The summed E-state index contributed by atoms with van der Waals surface area (Å²) in [5, 5.41) is 10.9. The van der Waals surface area contributed by atoms with Gasteiger partial charge in [0.25, 0.3) is 0 Å². The quantitative estimate of drug-likeness (QED) is 0.821. The van der Waals surface area contributed by atoms with Crippen LogP contribution in [0.2, 0.25) is 14.8 Å². The fourth-order valence-corrected chi connectivity index (χ4v) is 6.70. The van der Waals surface area contributed by atoms with E-state index in [2.05, 4.69) is 25.1 Å². The van der Waals surface area contributed by atoms with E-state index in [1.54, 1.807) is 6.20 Å². The molecule has 0 fully saturated rings. The second kappa shape index (κ2) is 4.38. The van der Waals surface area contributed by atoms with Gasteiger partial charge in [0.2, 0.25) is 0 Å². The van der Waals surface area contributed by atoms with Gasteiger partial charge in [0, 0.05) is 0 Å². The van der Waals surface area contributed by atoms with Crippen LogP contribution in [-0.4, -0.2) is 34.6 Å². The molecule has 1 aromatic rings. The summed E-state index contributed by atoms with van der Waals surface area (Å²) in [5.74, 6) is 0.426. The topological polar surface area (TPSA) is 62.2 Å². The molecule has 0 aliphatic rings. The minimum absolute atomic E-state index is 0.426. The number of amides is 1. The Morgan fingerprint density at radius 2 is 2.07 bits per heavy atom. The third-order valence-electron chi connectivity index (χ3n) is 2.15. The van der Waals surface area contributed by atoms with Gasteiger partial charge < -0.3 is 0 Å².